The van der Waals surface area contributed by atoms with E-state index in [1.807, 2.05) is 0 Å². The molecule has 2 N–H and O–H groups in total. The minimum atomic E-state index is 0.741. The zero-order chi connectivity index (χ0) is 7.52. The van der Waals surface area contributed by atoms with Crippen molar-refractivity contribution in [2.45, 2.75) is 6.42 Å². The van der Waals surface area contributed by atoms with Gasteiger partial charge in [0.15, 0.2) is 5.75 Å². The smallest absolute Gasteiger partial charge is 0.173 e. The van der Waals surface area contributed by atoms with Gasteiger partial charge in [-0.3, -0.25) is 0 Å². The number of hydrogen-bond acceptors (Lipinski definition) is 5. The molecule has 0 spiro atoms. The number of nitrogens with one attached hydrogen (secondary N) is 2. The van der Waals surface area contributed by atoms with E-state index in [1.54, 1.807) is 12.3 Å². The van der Waals surface area contributed by atoms with Gasteiger partial charge in [-0.15, -0.1) is 0 Å². The Kier molecular flexibility index (Phi) is 1.66. The van der Waals surface area contributed by atoms with E-state index < -0.39 is 0 Å². The fraction of sp³-hybridized carbons (Fsp3) is 0.333. The van der Waals surface area contributed by atoms with E-state index >= 15 is 0 Å². The maximum Gasteiger partial charge on any atom is 0.173 e. The van der Waals surface area contributed by atoms with Gasteiger partial charge in [0.05, 0.1) is 6.20 Å². The highest BCUT2D eigenvalue weighted by Crippen LogP contribution is 2.13. The molecule has 0 atom stereocenters. The predicted octanol–water partition coefficient (Wildman–Crippen LogP) is -0.579. The quantitative estimate of drug-likeness (QED) is 0.521. The van der Waals surface area contributed by atoms with Gasteiger partial charge in [0.25, 0.3) is 0 Å². The molecule has 5 nitrogen and oxygen atoms in total. The molecule has 0 bridgehead atoms. The van der Waals surface area contributed by atoms with Gasteiger partial charge in [0.2, 0.25) is 0 Å². The molecular formula is C6H8N4O. The summed E-state index contributed by atoms with van der Waals surface area (Å²) in [6, 6.07) is 1.78. The van der Waals surface area contributed by atoms with Crippen molar-refractivity contribution in [3.05, 3.63) is 18.0 Å². The van der Waals surface area contributed by atoms with Crippen LogP contribution in [0.4, 0.5) is 0 Å². The largest absolute Gasteiger partial charge is 0.392 e. The van der Waals surface area contributed by atoms with Crippen molar-refractivity contribution in [1.29, 1.82) is 0 Å². The second-order valence-corrected chi connectivity index (χ2v) is 2.22. The summed E-state index contributed by atoms with van der Waals surface area (Å²) in [5.41, 5.74) is 6.32. The first-order chi connectivity index (χ1) is 5.47. The molecule has 0 saturated heterocycles. The first kappa shape index (κ1) is 6.51. The molecule has 0 unspecified atom stereocenters. The third kappa shape index (κ3) is 1.28. The molecule has 2 heterocycles. The molecule has 0 saturated carbocycles. The average Bonchev–Trinajstić information content (AvgIpc) is 2.28. The highest BCUT2D eigenvalue weighted by Gasteiger charge is 2.08. The van der Waals surface area contributed by atoms with Crippen LogP contribution < -0.4 is 15.9 Å². The highest BCUT2D eigenvalue weighted by atomic mass is 16.7. The molecule has 1 aromatic heterocycles. The number of aromatic nitrogens is 2. The number of rotatable bonds is 0. The molecule has 1 aliphatic heterocycles. The zero-order valence-electron chi connectivity index (χ0n) is 5.87. The number of hydrogen-bond donors (Lipinski definition) is 2. The lowest BCUT2D eigenvalue weighted by molar-refractivity contribution is 0.157. The van der Waals surface area contributed by atoms with Crippen LogP contribution in [-0.4, -0.2) is 16.7 Å². The lowest BCUT2D eigenvalue weighted by Gasteiger charge is -2.02. The SMILES string of the molecule is c1cc2c(nn1)CCNNO2. The maximum absolute atomic E-state index is 5.08. The van der Waals surface area contributed by atoms with Crippen LogP contribution in [0.2, 0.25) is 0 Å². The fourth-order valence-electron chi connectivity index (χ4n) is 0.939. The van der Waals surface area contributed by atoms with E-state index in [1.165, 1.54) is 0 Å². The topological polar surface area (TPSA) is 59.1 Å². The Morgan fingerprint density at radius 1 is 1.55 bits per heavy atom. The first-order valence-corrected chi connectivity index (χ1v) is 3.42. The number of hydrazine groups is 1. The molecule has 2 rings (SSSR count). The van der Waals surface area contributed by atoms with Gasteiger partial charge in [-0.05, 0) is 0 Å². The number of fused-ring (bicyclic) bond motifs is 1. The van der Waals surface area contributed by atoms with Crippen LogP contribution in [0.3, 0.4) is 0 Å². The third-order valence-electron chi connectivity index (χ3n) is 1.48. The van der Waals surface area contributed by atoms with Crippen LogP contribution in [0, 0.1) is 0 Å². The van der Waals surface area contributed by atoms with Gasteiger partial charge in [0, 0.05) is 19.0 Å². The average molecular weight is 152 g/mol. The van der Waals surface area contributed by atoms with Crippen LogP contribution in [0.25, 0.3) is 0 Å². The molecule has 11 heavy (non-hydrogen) atoms. The molecule has 0 aromatic carbocycles. The highest BCUT2D eigenvalue weighted by molar-refractivity contribution is 5.25. The Labute approximate surface area is 63.7 Å². The minimum absolute atomic E-state index is 0.741. The Balaban J connectivity index is 2.33. The normalized spacial score (nSPS) is 16.4. The molecule has 0 fully saturated rings. The second kappa shape index (κ2) is 2.81. The molecule has 0 amide bonds. The van der Waals surface area contributed by atoms with Gasteiger partial charge in [-0.25, -0.2) is 5.43 Å². The predicted molar refractivity (Wildman–Crippen MR) is 37.5 cm³/mol. The molecule has 1 aliphatic rings. The van der Waals surface area contributed by atoms with Crippen LogP contribution in [0.15, 0.2) is 12.3 Å². The first-order valence-electron chi connectivity index (χ1n) is 3.42. The van der Waals surface area contributed by atoms with E-state index in [2.05, 4.69) is 21.2 Å². The fourth-order valence-corrected chi connectivity index (χ4v) is 0.939. The van der Waals surface area contributed by atoms with E-state index in [0.717, 1.165) is 24.4 Å². The Hall–Kier alpha value is -1.20. The summed E-state index contributed by atoms with van der Waals surface area (Å²) in [7, 11) is 0. The van der Waals surface area contributed by atoms with Gasteiger partial charge < -0.3 is 4.84 Å². The van der Waals surface area contributed by atoms with Gasteiger partial charge in [0.1, 0.15) is 5.69 Å². The lowest BCUT2D eigenvalue weighted by atomic mass is 10.3. The van der Waals surface area contributed by atoms with Crippen molar-refractivity contribution >= 4 is 0 Å². The Morgan fingerprint density at radius 3 is 3.55 bits per heavy atom. The summed E-state index contributed by atoms with van der Waals surface area (Å²) < 4.78 is 0. The molecular weight excluding hydrogens is 144 g/mol. The van der Waals surface area contributed by atoms with Crippen molar-refractivity contribution < 1.29 is 4.84 Å². The summed E-state index contributed by atoms with van der Waals surface area (Å²) >= 11 is 0. The van der Waals surface area contributed by atoms with E-state index in [9.17, 15) is 0 Å². The van der Waals surface area contributed by atoms with Crippen molar-refractivity contribution in [3.63, 3.8) is 0 Å². The summed E-state index contributed by atoms with van der Waals surface area (Å²) in [6.45, 7) is 0.797. The minimum Gasteiger partial charge on any atom is -0.392 e. The van der Waals surface area contributed by atoms with Crippen LogP contribution >= 0.6 is 0 Å². The summed E-state index contributed by atoms with van der Waals surface area (Å²) in [5, 5.41) is 7.68. The van der Waals surface area contributed by atoms with Crippen LogP contribution in [0.5, 0.6) is 5.75 Å². The summed E-state index contributed by atoms with van der Waals surface area (Å²) in [6.07, 6.45) is 2.43. The lowest BCUT2D eigenvalue weighted by Crippen LogP contribution is -2.33. The third-order valence-corrected chi connectivity index (χ3v) is 1.48. The summed E-state index contributed by atoms with van der Waals surface area (Å²) in [5.74, 6) is 0.741. The monoisotopic (exact) mass is 152 g/mol. The van der Waals surface area contributed by atoms with Crippen molar-refractivity contribution in [2.24, 2.45) is 0 Å². The van der Waals surface area contributed by atoms with Crippen molar-refractivity contribution in [1.82, 2.24) is 21.2 Å². The van der Waals surface area contributed by atoms with Gasteiger partial charge in [-0.2, -0.15) is 10.2 Å². The van der Waals surface area contributed by atoms with Crippen LogP contribution in [-0.2, 0) is 6.42 Å². The Bertz CT molecular complexity index is 227. The van der Waals surface area contributed by atoms with Crippen molar-refractivity contribution in [3.8, 4) is 5.75 Å². The molecule has 5 heteroatoms. The van der Waals surface area contributed by atoms with Crippen LogP contribution in [0.1, 0.15) is 5.69 Å². The molecule has 0 aliphatic carbocycles. The zero-order valence-corrected chi connectivity index (χ0v) is 5.87. The standard InChI is InChI=1S/C6H8N4O/c1-3-8-10-11-6-2-4-7-9-5(1)6/h2,4,8,10H,1,3H2. The van der Waals surface area contributed by atoms with Gasteiger partial charge >= 0.3 is 0 Å². The van der Waals surface area contributed by atoms with Gasteiger partial charge in [-0.1, -0.05) is 5.59 Å². The van der Waals surface area contributed by atoms with Crippen molar-refractivity contribution in [2.75, 3.05) is 6.54 Å². The summed E-state index contributed by atoms with van der Waals surface area (Å²) in [4.78, 5) is 5.08. The van der Waals surface area contributed by atoms with E-state index in [-0.39, 0.29) is 0 Å². The number of nitrogens with zero attached hydrogens (tertiary/aromatic N) is 2. The molecule has 1 aromatic rings. The second-order valence-electron chi connectivity index (χ2n) is 2.22. The molecule has 0 radical (unpaired) electrons. The molecule has 58 valence electrons. The Morgan fingerprint density at radius 2 is 2.55 bits per heavy atom. The van der Waals surface area contributed by atoms with E-state index in [4.69, 9.17) is 4.84 Å². The van der Waals surface area contributed by atoms with E-state index in [0.29, 0.717) is 0 Å². The maximum atomic E-state index is 5.08.